The maximum absolute atomic E-state index is 10.7. The molecule has 0 amide bonds. The molecule has 1 aliphatic rings. The van der Waals surface area contributed by atoms with Crippen LogP contribution in [0.3, 0.4) is 0 Å². The Kier molecular flexibility index (Phi) is 6.78. The Morgan fingerprint density at radius 1 is 1.21 bits per heavy atom. The summed E-state index contributed by atoms with van der Waals surface area (Å²) in [5.41, 5.74) is -0.504. The van der Waals surface area contributed by atoms with E-state index in [1.807, 2.05) is 0 Å². The summed E-state index contributed by atoms with van der Waals surface area (Å²) >= 11 is 0. The van der Waals surface area contributed by atoms with Crippen molar-refractivity contribution in [2.24, 2.45) is 5.92 Å². The molecule has 2 N–H and O–H groups in total. The van der Waals surface area contributed by atoms with Gasteiger partial charge in [-0.2, -0.15) is 0 Å². The summed E-state index contributed by atoms with van der Waals surface area (Å²) in [6, 6.07) is 1.19. The molecule has 1 aliphatic heterocycles. The lowest BCUT2D eigenvalue weighted by Crippen LogP contribution is -2.54. The molecule has 0 saturated carbocycles. The highest BCUT2D eigenvalue weighted by molar-refractivity contribution is 4.89. The zero-order chi connectivity index (χ0) is 14.5. The number of likely N-dealkylation sites (tertiary alicyclic amines) is 1. The average molecular weight is 270 g/mol. The van der Waals surface area contributed by atoms with Crippen molar-refractivity contribution in [3.63, 3.8) is 0 Å². The van der Waals surface area contributed by atoms with Gasteiger partial charge in [0.05, 0.1) is 5.60 Å². The third-order valence-electron chi connectivity index (χ3n) is 4.73. The molecule has 0 aliphatic carbocycles. The topological polar surface area (TPSA) is 35.5 Å². The fraction of sp³-hybridized carbons (Fsp3) is 1.00. The highest BCUT2D eigenvalue weighted by atomic mass is 16.3. The molecule has 0 bridgehead atoms. The molecule has 3 nitrogen and oxygen atoms in total. The van der Waals surface area contributed by atoms with Crippen molar-refractivity contribution in [1.82, 2.24) is 10.2 Å². The van der Waals surface area contributed by atoms with E-state index >= 15 is 0 Å². The van der Waals surface area contributed by atoms with Crippen LogP contribution in [0.15, 0.2) is 0 Å². The van der Waals surface area contributed by atoms with Crippen LogP contribution in [0.2, 0.25) is 0 Å². The van der Waals surface area contributed by atoms with Gasteiger partial charge in [0.15, 0.2) is 0 Å². The minimum Gasteiger partial charge on any atom is -0.389 e. The van der Waals surface area contributed by atoms with E-state index in [9.17, 15) is 5.11 Å². The maximum atomic E-state index is 10.7. The molecule has 0 aromatic rings. The second-order valence-electron chi connectivity index (χ2n) is 6.71. The quantitative estimate of drug-likeness (QED) is 0.746. The SMILES string of the molecule is CCCC(O)(CCC)CNC1CC(C)N(C)CC1C. The van der Waals surface area contributed by atoms with Crippen LogP contribution in [0.4, 0.5) is 0 Å². The second kappa shape index (κ2) is 7.61. The molecule has 1 heterocycles. The van der Waals surface area contributed by atoms with Crippen LogP contribution in [-0.4, -0.2) is 47.8 Å². The number of nitrogens with one attached hydrogen (secondary N) is 1. The highest BCUT2D eigenvalue weighted by Gasteiger charge is 2.31. The Morgan fingerprint density at radius 3 is 2.32 bits per heavy atom. The molecule has 114 valence electrons. The summed E-state index contributed by atoms with van der Waals surface area (Å²) in [6.45, 7) is 10.8. The number of aliphatic hydroxyl groups is 1. The summed E-state index contributed by atoms with van der Waals surface area (Å²) in [7, 11) is 2.21. The van der Waals surface area contributed by atoms with Crippen molar-refractivity contribution in [3.05, 3.63) is 0 Å². The van der Waals surface area contributed by atoms with Gasteiger partial charge in [-0.05, 0) is 39.2 Å². The molecular weight excluding hydrogens is 236 g/mol. The normalized spacial score (nSPS) is 29.7. The van der Waals surface area contributed by atoms with E-state index < -0.39 is 5.60 Å². The fourth-order valence-electron chi connectivity index (χ4n) is 3.38. The summed E-state index contributed by atoms with van der Waals surface area (Å²) < 4.78 is 0. The highest BCUT2D eigenvalue weighted by Crippen LogP contribution is 2.23. The van der Waals surface area contributed by atoms with Crippen LogP contribution < -0.4 is 5.32 Å². The van der Waals surface area contributed by atoms with Gasteiger partial charge in [0.1, 0.15) is 0 Å². The van der Waals surface area contributed by atoms with Gasteiger partial charge in [-0.3, -0.25) is 0 Å². The first-order chi connectivity index (χ1) is 8.91. The molecule has 3 unspecified atom stereocenters. The average Bonchev–Trinajstić information content (AvgIpc) is 2.33. The molecule has 19 heavy (non-hydrogen) atoms. The van der Waals surface area contributed by atoms with Crippen molar-refractivity contribution >= 4 is 0 Å². The van der Waals surface area contributed by atoms with Crippen molar-refractivity contribution in [2.75, 3.05) is 20.1 Å². The number of nitrogens with zero attached hydrogens (tertiary/aromatic N) is 1. The van der Waals surface area contributed by atoms with Crippen LogP contribution in [0.1, 0.15) is 59.8 Å². The van der Waals surface area contributed by atoms with Gasteiger partial charge in [0.2, 0.25) is 0 Å². The number of hydrogen-bond donors (Lipinski definition) is 2. The van der Waals surface area contributed by atoms with Crippen LogP contribution in [0.5, 0.6) is 0 Å². The number of rotatable bonds is 7. The smallest absolute Gasteiger partial charge is 0.0771 e. The van der Waals surface area contributed by atoms with Crippen LogP contribution in [0, 0.1) is 5.92 Å². The Labute approximate surface area is 119 Å². The molecule has 1 rings (SSSR count). The van der Waals surface area contributed by atoms with E-state index in [0.29, 0.717) is 18.0 Å². The minimum absolute atomic E-state index is 0.504. The van der Waals surface area contributed by atoms with Gasteiger partial charge in [0.25, 0.3) is 0 Å². The number of hydrogen-bond acceptors (Lipinski definition) is 3. The largest absolute Gasteiger partial charge is 0.389 e. The third-order valence-corrected chi connectivity index (χ3v) is 4.73. The molecule has 3 heteroatoms. The lowest BCUT2D eigenvalue weighted by Gasteiger charge is -2.41. The van der Waals surface area contributed by atoms with E-state index in [-0.39, 0.29) is 0 Å². The predicted molar refractivity (Wildman–Crippen MR) is 82.4 cm³/mol. The molecule has 0 aromatic heterocycles. The first kappa shape index (κ1) is 16.9. The first-order valence-corrected chi connectivity index (χ1v) is 8.08. The lowest BCUT2D eigenvalue weighted by molar-refractivity contribution is 0.0120. The summed E-state index contributed by atoms with van der Waals surface area (Å²) in [4.78, 5) is 2.44. The summed E-state index contributed by atoms with van der Waals surface area (Å²) in [6.07, 6.45) is 5.11. The van der Waals surface area contributed by atoms with Gasteiger partial charge < -0.3 is 15.3 Å². The van der Waals surface area contributed by atoms with Gasteiger partial charge >= 0.3 is 0 Å². The Morgan fingerprint density at radius 2 is 1.79 bits per heavy atom. The molecular formula is C16H34N2O. The molecule has 1 saturated heterocycles. The van der Waals surface area contributed by atoms with Crippen LogP contribution in [0.25, 0.3) is 0 Å². The fourth-order valence-corrected chi connectivity index (χ4v) is 3.38. The van der Waals surface area contributed by atoms with Gasteiger partial charge in [-0.25, -0.2) is 0 Å². The van der Waals surface area contributed by atoms with Crippen molar-refractivity contribution < 1.29 is 5.11 Å². The van der Waals surface area contributed by atoms with Crippen LogP contribution in [-0.2, 0) is 0 Å². The van der Waals surface area contributed by atoms with Gasteiger partial charge in [-0.1, -0.05) is 33.6 Å². The third kappa shape index (κ3) is 5.05. The molecule has 0 radical (unpaired) electrons. The van der Waals surface area contributed by atoms with E-state index in [4.69, 9.17) is 0 Å². The second-order valence-corrected chi connectivity index (χ2v) is 6.71. The molecule has 0 aromatic carbocycles. The molecule has 3 atom stereocenters. The zero-order valence-electron chi connectivity index (χ0n) is 13.6. The Hall–Kier alpha value is -0.120. The molecule has 0 spiro atoms. The minimum atomic E-state index is -0.504. The van der Waals surface area contributed by atoms with E-state index in [2.05, 4.69) is 45.0 Å². The standard InChI is InChI=1S/C16H34N2O/c1-6-8-16(19,9-7-2)12-17-15-10-14(4)18(5)11-13(15)3/h13-15,17,19H,6-12H2,1-5H3. The van der Waals surface area contributed by atoms with Crippen molar-refractivity contribution in [3.8, 4) is 0 Å². The van der Waals surface area contributed by atoms with Gasteiger partial charge in [-0.15, -0.1) is 0 Å². The zero-order valence-corrected chi connectivity index (χ0v) is 13.6. The summed E-state index contributed by atoms with van der Waals surface area (Å²) in [5, 5.41) is 14.3. The molecule has 1 fully saturated rings. The lowest BCUT2D eigenvalue weighted by atomic mass is 9.87. The van der Waals surface area contributed by atoms with Crippen LogP contribution >= 0.6 is 0 Å². The van der Waals surface area contributed by atoms with Gasteiger partial charge in [0, 0.05) is 25.2 Å². The van der Waals surface area contributed by atoms with Crippen molar-refractivity contribution in [2.45, 2.75) is 77.5 Å². The first-order valence-electron chi connectivity index (χ1n) is 8.08. The van der Waals surface area contributed by atoms with E-state index in [1.165, 1.54) is 6.42 Å². The predicted octanol–water partition coefficient (Wildman–Crippen LogP) is 2.64. The van der Waals surface area contributed by atoms with E-state index in [1.54, 1.807) is 0 Å². The van der Waals surface area contributed by atoms with E-state index in [0.717, 1.165) is 38.8 Å². The maximum Gasteiger partial charge on any atom is 0.0771 e. The van der Waals surface area contributed by atoms with Crippen molar-refractivity contribution in [1.29, 1.82) is 0 Å². The Balaban J connectivity index is 2.49. The Bertz CT molecular complexity index is 251. The number of piperidine rings is 1. The summed E-state index contributed by atoms with van der Waals surface area (Å²) in [5.74, 6) is 0.661. The monoisotopic (exact) mass is 270 g/mol.